The van der Waals surface area contributed by atoms with Crippen molar-refractivity contribution in [2.45, 2.75) is 5.41 Å². The minimum atomic E-state index is -0.608. The maximum absolute atomic E-state index is 5.17. The van der Waals surface area contributed by atoms with Crippen LogP contribution in [0.15, 0.2) is 237 Å². The van der Waals surface area contributed by atoms with E-state index in [1.165, 1.54) is 88.0 Å². The standard InChI is InChI=1S/C62H39N3/c1-5-15-43(16-6-1)59-63-60(44-17-7-2-8-18-44)65-61(64-59)48-31-34-52-54-38-46(32-36-55(54)62(56(52)39-48,49-23-9-3-10-24-49)50-25-11-4-12-26-50)45-21-14-22-47(37-45)51-33-29-42-28-27-40-19-13-20-41-30-35-53(51)58(42)57(40)41/h1-39H. The molecule has 0 unspecified atom stereocenters. The summed E-state index contributed by atoms with van der Waals surface area (Å²) in [4.78, 5) is 15.4. The highest BCUT2D eigenvalue weighted by molar-refractivity contribution is 6.25. The number of rotatable bonds is 7. The lowest BCUT2D eigenvalue weighted by Crippen LogP contribution is -2.28. The van der Waals surface area contributed by atoms with Gasteiger partial charge in [-0.15, -0.1) is 0 Å². The minimum absolute atomic E-state index is 0.608. The normalized spacial score (nSPS) is 12.7. The number of aromatic nitrogens is 3. The van der Waals surface area contributed by atoms with Gasteiger partial charge in [-0.1, -0.05) is 218 Å². The molecular formula is C62H39N3. The van der Waals surface area contributed by atoms with Crippen molar-refractivity contribution in [3.63, 3.8) is 0 Å². The molecule has 0 N–H and O–H groups in total. The molecule has 1 aliphatic carbocycles. The Morgan fingerprint density at radius 3 is 1.38 bits per heavy atom. The summed E-state index contributed by atoms with van der Waals surface area (Å²) in [5.41, 5.74) is 14.3. The predicted molar refractivity (Wildman–Crippen MR) is 268 cm³/mol. The van der Waals surface area contributed by atoms with E-state index in [1.54, 1.807) is 0 Å². The SMILES string of the molecule is c1ccc(-c2nc(-c3ccccc3)nc(-c3ccc4c(c3)C(c3ccccc3)(c3ccccc3)c3ccc(-c5cccc(-c6ccc7ccc8cccc9ccc6c7c89)c5)cc3-4)n2)cc1. The summed E-state index contributed by atoms with van der Waals surface area (Å²) in [6, 6.07) is 85.6. The zero-order chi connectivity index (χ0) is 42.9. The molecule has 3 nitrogen and oxygen atoms in total. The van der Waals surface area contributed by atoms with Crippen molar-refractivity contribution >= 4 is 32.3 Å². The third kappa shape index (κ3) is 5.86. The van der Waals surface area contributed by atoms with E-state index in [4.69, 9.17) is 15.0 Å². The minimum Gasteiger partial charge on any atom is -0.208 e. The second-order valence-electron chi connectivity index (χ2n) is 17.1. The van der Waals surface area contributed by atoms with E-state index in [0.29, 0.717) is 17.5 Å². The van der Waals surface area contributed by atoms with E-state index in [-0.39, 0.29) is 0 Å². The lowest BCUT2D eigenvalue weighted by atomic mass is 9.67. The van der Waals surface area contributed by atoms with E-state index >= 15 is 0 Å². The fourth-order valence-electron chi connectivity index (χ4n) is 10.6. The molecule has 13 rings (SSSR count). The van der Waals surface area contributed by atoms with E-state index in [2.05, 4.69) is 200 Å². The second-order valence-corrected chi connectivity index (χ2v) is 17.1. The highest BCUT2D eigenvalue weighted by Crippen LogP contribution is 2.57. The van der Waals surface area contributed by atoms with Gasteiger partial charge in [-0.25, -0.2) is 15.0 Å². The van der Waals surface area contributed by atoms with Crippen molar-refractivity contribution in [2.24, 2.45) is 0 Å². The summed E-state index contributed by atoms with van der Waals surface area (Å²) >= 11 is 0. The number of fused-ring (bicyclic) bond motifs is 3. The molecule has 3 heteroatoms. The van der Waals surface area contributed by atoms with Gasteiger partial charge < -0.3 is 0 Å². The summed E-state index contributed by atoms with van der Waals surface area (Å²) in [7, 11) is 0. The summed E-state index contributed by atoms with van der Waals surface area (Å²) in [6.07, 6.45) is 0. The molecule has 0 bridgehead atoms. The van der Waals surface area contributed by atoms with Crippen molar-refractivity contribution in [3.05, 3.63) is 259 Å². The Morgan fingerprint density at radius 1 is 0.262 bits per heavy atom. The van der Waals surface area contributed by atoms with Gasteiger partial charge in [-0.2, -0.15) is 0 Å². The zero-order valence-corrected chi connectivity index (χ0v) is 35.4. The van der Waals surface area contributed by atoms with Crippen LogP contribution >= 0.6 is 0 Å². The summed E-state index contributed by atoms with van der Waals surface area (Å²) in [5.74, 6) is 1.92. The van der Waals surface area contributed by atoms with Gasteiger partial charge in [0.2, 0.25) is 0 Å². The Labute approximate surface area is 377 Å². The molecule has 1 aromatic heterocycles. The predicted octanol–water partition coefficient (Wildman–Crippen LogP) is 15.5. The van der Waals surface area contributed by atoms with Gasteiger partial charge in [0.15, 0.2) is 17.5 Å². The van der Waals surface area contributed by atoms with E-state index < -0.39 is 5.41 Å². The van der Waals surface area contributed by atoms with Crippen molar-refractivity contribution < 1.29 is 0 Å². The van der Waals surface area contributed by atoms with Crippen molar-refractivity contribution in [1.82, 2.24) is 15.0 Å². The lowest BCUT2D eigenvalue weighted by Gasteiger charge is -2.34. The second kappa shape index (κ2) is 14.8. The molecule has 0 saturated carbocycles. The summed E-state index contributed by atoms with van der Waals surface area (Å²) in [6.45, 7) is 0. The third-order valence-corrected chi connectivity index (χ3v) is 13.5. The first-order valence-corrected chi connectivity index (χ1v) is 22.3. The number of hydrogen-bond acceptors (Lipinski definition) is 3. The average molecular weight is 826 g/mol. The van der Waals surface area contributed by atoms with Crippen LogP contribution in [-0.2, 0) is 5.41 Å². The summed E-state index contributed by atoms with van der Waals surface area (Å²) < 4.78 is 0. The Kier molecular flexibility index (Phi) is 8.44. The van der Waals surface area contributed by atoms with Crippen molar-refractivity contribution in [1.29, 1.82) is 0 Å². The summed E-state index contributed by atoms with van der Waals surface area (Å²) in [5, 5.41) is 7.78. The maximum atomic E-state index is 5.17. The van der Waals surface area contributed by atoms with E-state index in [9.17, 15) is 0 Å². The molecule has 1 aliphatic rings. The first-order valence-electron chi connectivity index (χ1n) is 22.3. The number of hydrogen-bond donors (Lipinski definition) is 0. The van der Waals surface area contributed by atoms with Gasteiger partial charge >= 0.3 is 0 Å². The Balaban J connectivity index is 1.00. The highest BCUT2D eigenvalue weighted by Gasteiger charge is 2.46. The van der Waals surface area contributed by atoms with Crippen molar-refractivity contribution in [2.75, 3.05) is 0 Å². The van der Waals surface area contributed by atoms with Crippen LogP contribution in [0.2, 0.25) is 0 Å². The molecule has 0 spiro atoms. The first-order chi connectivity index (χ1) is 32.2. The topological polar surface area (TPSA) is 38.7 Å². The molecule has 12 aromatic rings. The molecule has 11 aromatic carbocycles. The number of nitrogens with zero attached hydrogens (tertiary/aromatic N) is 3. The Morgan fingerprint density at radius 2 is 0.738 bits per heavy atom. The van der Waals surface area contributed by atoms with Gasteiger partial charge in [-0.3, -0.25) is 0 Å². The lowest BCUT2D eigenvalue weighted by molar-refractivity contribution is 0.768. The van der Waals surface area contributed by atoms with Gasteiger partial charge in [0.25, 0.3) is 0 Å². The highest BCUT2D eigenvalue weighted by atomic mass is 15.0. The van der Waals surface area contributed by atoms with E-state index in [1.807, 2.05) is 36.4 Å². The van der Waals surface area contributed by atoms with Crippen LogP contribution in [-0.4, -0.2) is 15.0 Å². The largest absolute Gasteiger partial charge is 0.208 e. The van der Waals surface area contributed by atoms with Gasteiger partial charge in [0, 0.05) is 16.7 Å². The molecule has 1 heterocycles. The molecule has 302 valence electrons. The molecule has 0 amide bonds. The van der Waals surface area contributed by atoms with Gasteiger partial charge in [0.05, 0.1) is 5.41 Å². The number of benzene rings is 11. The molecule has 0 fully saturated rings. The van der Waals surface area contributed by atoms with Gasteiger partial charge in [0.1, 0.15) is 0 Å². The van der Waals surface area contributed by atoms with Crippen molar-refractivity contribution in [3.8, 4) is 67.5 Å². The molecular weight excluding hydrogens is 787 g/mol. The molecule has 0 saturated heterocycles. The first kappa shape index (κ1) is 37.1. The fraction of sp³-hybridized carbons (Fsp3) is 0.0161. The van der Waals surface area contributed by atoms with E-state index in [0.717, 1.165) is 16.7 Å². The van der Waals surface area contributed by atoms with Crippen LogP contribution in [0.4, 0.5) is 0 Å². The fourth-order valence-corrected chi connectivity index (χ4v) is 10.6. The smallest absolute Gasteiger partial charge is 0.164 e. The van der Waals surface area contributed by atoms with Crippen LogP contribution in [0.5, 0.6) is 0 Å². The van der Waals surface area contributed by atoms with Gasteiger partial charge in [-0.05, 0) is 106 Å². The third-order valence-electron chi connectivity index (χ3n) is 13.5. The quantitative estimate of drug-likeness (QED) is 0.150. The van der Waals surface area contributed by atoms with Crippen LogP contribution < -0.4 is 0 Å². The molecule has 0 atom stereocenters. The van der Waals surface area contributed by atoms with Crippen LogP contribution in [0.1, 0.15) is 22.3 Å². The maximum Gasteiger partial charge on any atom is 0.164 e. The molecule has 65 heavy (non-hydrogen) atoms. The Hall–Kier alpha value is -8.53. The zero-order valence-electron chi connectivity index (χ0n) is 35.4. The molecule has 0 radical (unpaired) electrons. The monoisotopic (exact) mass is 825 g/mol. The Bertz CT molecular complexity index is 3640. The molecule has 0 aliphatic heterocycles. The van der Waals surface area contributed by atoms with Crippen LogP contribution in [0.25, 0.3) is 99.9 Å². The van der Waals surface area contributed by atoms with Crippen LogP contribution in [0.3, 0.4) is 0 Å². The average Bonchev–Trinajstić information content (AvgIpc) is 3.68. The van der Waals surface area contributed by atoms with Crippen LogP contribution in [0, 0.1) is 0 Å².